The molecule has 1 heterocycles. The Labute approximate surface area is 102 Å². The Bertz CT molecular complexity index is 416. The molecule has 0 radical (unpaired) electrons. The van der Waals surface area contributed by atoms with Crippen molar-refractivity contribution in [2.75, 3.05) is 19.0 Å². The van der Waals surface area contributed by atoms with Gasteiger partial charge in [0, 0.05) is 17.8 Å². The molecular formula is C12H19N3O2. The van der Waals surface area contributed by atoms with Crippen LogP contribution in [0.4, 0.5) is 5.82 Å². The second kappa shape index (κ2) is 5.61. The molecule has 0 bridgehead atoms. The number of hydrogen-bond acceptors (Lipinski definition) is 5. The number of aryl methyl sites for hydroxylation is 1. The van der Waals surface area contributed by atoms with Crippen LogP contribution in [0.5, 0.6) is 0 Å². The van der Waals surface area contributed by atoms with Gasteiger partial charge >= 0.3 is 5.97 Å². The summed E-state index contributed by atoms with van der Waals surface area (Å²) in [7, 11) is 1.32. The fourth-order valence-corrected chi connectivity index (χ4v) is 1.76. The molecule has 1 rings (SSSR count). The van der Waals surface area contributed by atoms with Gasteiger partial charge in [0.2, 0.25) is 5.82 Å². The Morgan fingerprint density at radius 2 is 2.06 bits per heavy atom. The molecule has 0 saturated heterocycles. The van der Waals surface area contributed by atoms with Crippen molar-refractivity contribution >= 4 is 11.8 Å². The van der Waals surface area contributed by atoms with E-state index in [1.165, 1.54) is 7.11 Å². The van der Waals surface area contributed by atoms with Crippen LogP contribution in [0.25, 0.3) is 0 Å². The van der Waals surface area contributed by atoms with Gasteiger partial charge in [0.1, 0.15) is 5.82 Å². The van der Waals surface area contributed by atoms with Gasteiger partial charge in [-0.2, -0.15) is 0 Å². The smallest absolute Gasteiger partial charge is 0.376 e. The summed E-state index contributed by atoms with van der Waals surface area (Å²) in [4.78, 5) is 19.8. The summed E-state index contributed by atoms with van der Waals surface area (Å²) < 4.78 is 4.63. The highest BCUT2D eigenvalue weighted by Gasteiger charge is 2.18. The number of methoxy groups -OCH3 is 1. The van der Waals surface area contributed by atoms with Crippen molar-refractivity contribution in [1.82, 2.24) is 9.97 Å². The van der Waals surface area contributed by atoms with Crippen molar-refractivity contribution in [3.8, 4) is 0 Å². The zero-order chi connectivity index (χ0) is 13.0. The average molecular weight is 237 g/mol. The van der Waals surface area contributed by atoms with E-state index >= 15 is 0 Å². The third-order valence-electron chi connectivity index (χ3n) is 2.43. The first kappa shape index (κ1) is 13.4. The maximum atomic E-state index is 11.4. The first-order valence-electron chi connectivity index (χ1n) is 5.71. The molecule has 0 fully saturated rings. The first-order valence-corrected chi connectivity index (χ1v) is 5.71. The van der Waals surface area contributed by atoms with Crippen molar-refractivity contribution in [2.24, 2.45) is 0 Å². The van der Waals surface area contributed by atoms with Crippen LogP contribution in [0, 0.1) is 6.92 Å². The largest absolute Gasteiger partial charge is 0.463 e. The quantitative estimate of drug-likeness (QED) is 0.813. The van der Waals surface area contributed by atoms with E-state index in [9.17, 15) is 4.79 Å². The zero-order valence-corrected chi connectivity index (χ0v) is 11.0. The number of carbonyl (C=O) groups excluding carboxylic acids is 1. The van der Waals surface area contributed by atoms with Gasteiger partial charge in [-0.3, -0.25) is 0 Å². The van der Waals surface area contributed by atoms with Crippen LogP contribution >= 0.6 is 0 Å². The van der Waals surface area contributed by atoms with Crippen LogP contribution in [0.15, 0.2) is 0 Å². The van der Waals surface area contributed by atoms with Gasteiger partial charge in [-0.15, -0.1) is 0 Å². The molecule has 17 heavy (non-hydrogen) atoms. The highest BCUT2D eigenvalue weighted by atomic mass is 16.5. The number of anilines is 1. The molecule has 0 aliphatic rings. The molecule has 5 heteroatoms. The Hall–Kier alpha value is -1.65. The molecule has 0 unspecified atom stereocenters. The molecule has 94 valence electrons. The second-order valence-electron chi connectivity index (χ2n) is 4.07. The predicted molar refractivity (Wildman–Crippen MR) is 66.4 cm³/mol. The van der Waals surface area contributed by atoms with Gasteiger partial charge in [0.25, 0.3) is 0 Å². The number of nitrogens with one attached hydrogen (secondary N) is 1. The van der Waals surface area contributed by atoms with Gasteiger partial charge in [0.15, 0.2) is 0 Å². The predicted octanol–water partition coefficient (Wildman–Crippen LogP) is 2.13. The van der Waals surface area contributed by atoms with Crippen molar-refractivity contribution in [3.63, 3.8) is 0 Å². The number of esters is 1. The van der Waals surface area contributed by atoms with Crippen molar-refractivity contribution in [3.05, 3.63) is 17.1 Å². The van der Waals surface area contributed by atoms with Crippen LogP contribution in [-0.4, -0.2) is 29.6 Å². The highest BCUT2D eigenvalue weighted by molar-refractivity contribution is 5.85. The summed E-state index contributed by atoms with van der Waals surface area (Å²) >= 11 is 0. The van der Waals surface area contributed by atoms with E-state index in [1.54, 1.807) is 0 Å². The van der Waals surface area contributed by atoms with Gasteiger partial charge < -0.3 is 10.1 Å². The first-order chi connectivity index (χ1) is 8.01. The minimum atomic E-state index is -0.512. The Balaban J connectivity index is 3.30. The van der Waals surface area contributed by atoms with Crippen molar-refractivity contribution < 1.29 is 9.53 Å². The van der Waals surface area contributed by atoms with E-state index in [0.717, 1.165) is 23.6 Å². The Kier molecular flexibility index (Phi) is 4.43. The van der Waals surface area contributed by atoms with Crippen molar-refractivity contribution in [2.45, 2.75) is 33.6 Å². The van der Waals surface area contributed by atoms with E-state index in [0.29, 0.717) is 5.92 Å². The molecule has 1 aromatic heterocycles. The topological polar surface area (TPSA) is 64.1 Å². The molecule has 0 spiro atoms. The highest BCUT2D eigenvalue weighted by Crippen LogP contribution is 2.25. The van der Waals surface area contributed by atoms with E-state index < -0.39 is 5.97 Å². The fraction of sp³-hybridized carbons (Fsp3) is 0.583. The van der Waals surface area contributed by atoms with Crippen LogP contribution < -0.4 is 5.32 Å². The minimum Gasteiger partial charge on any atom is -0.463 e. The van der Waals surface area contributed by atoms with Gasteiger partial charge in [-0.05, 0) is 19.8 Å². The zero-order valence-electron chi connectivity index (χ0n) is 11.0. The normalized spacial score (nSPS) is 10.5. The maximum absolute atomic E-state index is 11.4. The van der Waals surface area contributed by atoms with Crippen LogP contribution in [0.3, 0.4) is 0 Å². The Morgan fingerprint density at radius 3 is 2.53 bits per heavy atom. The standard InChI is InChI=1S/C12H19N3O2/c1-6-13-10-9(7(2)3)8(4)14-11(15-10)12(16)17-5/h7H,6H2,1-5H3,(H,13,14,15). The number of nitrogens with zero attached hydrogens (tertiary/aromatic N) is 2. The molecule has 0 aromatic carbocycles. The molecule has 0 aliphatic carbocycles. The van der Waals surface area contributed by atoms with Gasteiger partial charge in [-0.25, -0.2) is 14.8 Å². The van der Waals surface area contributed by atoms with Crippen LogP contribution in [-0.2, 0) is 4.74 Å². The summed E-state index contributed by atoms with van der Waals surface area (Å²) in [5.41, 5.74) is 1.85. The summed E-state index contributed by atoms with van der Waals surface area (Å²) in [6.07, 6.45) is 0. The second-order valence-corrected chi connectivity index (χ2v) is 4.07. The lowest BCUT2D eigenvalue weighted by Crippen LogP contribution is -2.15. The molecule has 1 aromatic rings. The molecule has 0 amide bonds. The lowest BCUT2D eigenvalue weighted by atomic mass is 10.0. The Morgan fingerprint density at radius 1 is 1.41 bits per heavy atom. The lowest BCUT2D eigenvalue weighted by molar-refractivity contribution is 0.0586. The molecule has 0 aliphatic heterocycles. The lowest BCUT2D eigenvalue weighted by Gasteiger charge is -2.15. The number of rotatable bonds is 4. The van der Waals surface area contributed by atoms with Crippen molar-refractivity contribution in [1.29, 1.82) is 0 Å². The third kappa shape index (κ3) is 2.93. The van der Waals surface area contributed by atoms with Gasteiger partial charge in [-0.1, -0.05) is 13.8 Å². The number of carbonyl (C=O) groups is 1. The molecule has 0 saturated carbocycles. The van der Waals surface area contributed by atoms with E-state index in [2.05, 4.69) is 33.9 Å². The molecule has 0 atom stereocenters. The summed E-state index contributed by atoms with van der Waals surface area (Å²) in [6, 6.07) is 0. The van der Waals surface area contributed by atoms with E-state index in [4.69, 9.17) is 0 Å². The number of hydrogen-bond donors (Lipinski definition) is 1. The third-order valence-corrected chi connectivity index (χ3v) is 2.43. The maximum Gasteiger partial charge on any atom is 0.376 e. The SMILES string of the molecule is CCNc1nc(C(=O)OC)nc(C)c1C(C)C. The molecule has 1 N–H and O–H groups in total. The average Bonchev–Trinajstić information content (AvgIpc) is 2.27. The van der Waals surface area contributed by atoms with Crippen LogP contribution in [0.1, 0.15) is 48.6 Å². The van der Waals surface area contributed by atoms with Gasteiger partial charge in [0.05, 0.1) is 7.11 Å². The minimum absolute atomic E-state index is 0.102. The van der Waals surface area contributed by atoms with Crippen LogP contribution in [0.2, 0.25) is 0 Å². The number of aromatic nitrogens is 2. The summed E-state index contributed by atoms with van der Waals surface area (Å²) in [5, 5.41) is 3.16. The van der Waals surface area contributed by atoms with E-state index in [-0.39, 0.29) is 5.82 Å². The molecule has 5 nitrogen and oxygen atoms in total. The summed E-state index contributed by atoms with van der Waals surface area (Å²) in [6.45, 7) is 8.76. The monoisotopic (exact) mass is 237 g/mol. The van der Waals surface area contributed by atoms with E-state index in [1.807, 2.05) is 13.8 Å². The summed E-state index contributed by atoms with van der Waals surface area (Å²) in [5.74, 6) is 0.610. The molecular weight excluding hydrogens is 218 g/mol. The number of ether oxygens (including phenoxy) is 1. The fourth-order valence-electron chi connectivity index (χ4n) is 1.76.